The number of aryl methyl sites for hydroxylation is 1. The number of benzene rings is 1. The number of ether oxygens (including phenoxy) is 2. The fourth-order valence-corrected chi connectivity index (χ4v) is 1.56. The Morgan fingerprint density at radius 2 is 2.31 bits per heavy atom. The third-order valence-corrected chi connectivity index (χ3v) is 2.41. The molecule has 1 unspecified atom stereocenters. The van der Waals surface area contributed by atoms with Crippen molar-refractivity contribution < 1.29 is 14.3 Å². The average Bonchev–Trinajstić information content (AvgIpc) is 2.28. The van der Waals surface area contributed by atoms with E-state index >= 15 is 0 Å². The molecule has 0 amide bonds. The molecule has 0 N–H and O–H groups in total. The molecule has 2 rings (SSSR count). The second kappa shape index (κ2) is 4.28. The van der Waals surface area contributed by atoms with E-state index in [2.05, 4.69) is 5.92 Å². The van der Waals surface area contributed by atoms with E-state index in [4.69, 9.17) is 15.9 Å². The highest BCUT2D eigenvalue weighted by Gasteiger charge is 2.17. The first-order valence-corrected chi connectivity index (χ1v) is 5.15. The van der Waals surface area contributed by atoms with Gasteiger partial charge in [0.2, 0.25) is 0 Å². The van der Waals surface area contributed by atoms with Crippen molar-refractivity contribution >= 4 is 5.97 Å². The zero-order valence-electron chi connectivity index (χ0n) is 9.03. The quantitative estimate of drug-likeness (QED) is 0.430. The molecule has 1 aliphatic rings. The molecule has 3 heteroatoms. The van der Waals surface area contributed by atoms with Crippen LogP contribution in [0.3, 0.4) is 0 Å². The van der Waals surface area contributed by atoms with Gasteiger partial charge < -0.3 is 9.47 Å². The van der Waals surface area contributed by atoms with Crippen LogP contribution in [0.25, 0.3) is 0 Å². The van der Waals surface area contributed by atoms with Crippen molar-refractivity contribution in [3.8, 4) is 23.8 Å². The van der Waals surface area contributed by atoms with Crippen molar-refractivity contribution in [3.05, 3.63) is 23.8 Å². The third-order valence-electron chi connectivity index (χ3n) is 2.41. The second-order valence-electron chi connectivity index (χ2n) is 3.67. The van der Waals surface area contributed by atoms with Gasteiger partial charge in [-0.15, -0.1) is 6.42 Å². The van der Waals surface area contributed by atoms with Crippen LogP contribution in [0.15, 0.2) is 18.2 Å². The number of fused-ring (bicyclic) bond motifs is 1. The summed E-state index contributed by atoms with van der Waals surface area (Å²) >= 11 is 0. The summed E-state index contributed by atoms with van der Waals surface area (Å²) in [7, 11) is 0. The molecule has 1 aliphatic heterocycles. The second-order valence-corrected chi connectivity index (χ2v) is 3.67. The van der Waals surface area contributed by atoms with Crippen molar-refractivity contribution in [2.24, 2.45) is 0 Å². The first kappa shape index (κ1) is 10.6. The Morgan fingerprint density at radius 3 is 3.06 bits per heavy atom. The van der Waals surface area contributed by atoms with E-state index in [9.17, 15) is 4.79 Å². The van der Waals surface area contributed by atoms with Crippen LogP contribution in [-0.2, 0) is 11.2 Å². The van der Waals surface area contributed by atoms with Crippen molar-refractivity contribution in [3.63, 3.8) is 0 Å². The molecule has 0 saturated carbocycles. The molecule has 1 aromatic carbocycles. The van der Waals surface area contributed by atoms with Crippen LogP contribution in [0.5, 0.6) is 11.5 Å². The summed E-state index contributed by atoms with van der Waals surface area (Å²) in [6.45, 7) is 1.78. The molecular formula is C13H12O3. The maximum atomic E-state index is 11.1. The summed E-state index contributed by atoms with van der Waals surface area (Å²) < 4.78 is 10.6. The summed E-state index contributed by atoms with van der Waals surface area (Å²) in [6, 6.07) is 5.45. The smallest absolute Gasteiger partial charge is 0.311 e. The maximum Gasteiger partial charge on any atom is 0.311 e. The van der Waals surface area contributed by atoms with Crippen molar-refractivity contribution in [2.45, 2.75) is 25.9 Å². The van der Waals surface area contributed by atoms with E-state index in [-0.39, 0.29) is 12.1 Å². The van der Waals surface area contributed by atoms with Gasteiger partial charge in [0.15, 0.2) is 6.10 Å². The molecular weight excluding hydrogens is 204 g/mol. The van der Waals surface area contributed by atoms with Gasteiger partial charge in [-0.2, -0.15) is 0 Å². The normalized spacial score (nSPS) is 15.6. The topological polar surface area (TPSA) is 35.5 Å². The van der Waals surface area contributed by atoms with Crippen molar-refractivity contribution in [2.75, 3.05) is 0 Å². The number of hydrogen-bond acceptors (Lipinski definition) is 3. The van der Waals surface area contributed by atoms with Gasteiger partial charge in [-0.25, -0.2) is 0 Å². The lowest BCUT2D eigenvalue weighted by Crippen LogP contribution is -2.16. The van der Waals surface area contributed by atoms with Gasteiger partial charge in [-0.3, -0.25) is 4.79 Å². The standard InChI is InChI=1S/C13H12O3/c1-3-9(2)15-11-6-4-10-5-7-13(14)16-12(10)8-11/h1,4,6,8-9H,5,7H2,2H3. The summed E-state index contributed by atoms with van der Waals surface area (Å²) in [5, 5.41) is 0. The van der Waals surface area contributed by atoms with Crippen LogP contribution < -0.4 is 9.47 Å². The largest absolute Gasteiger partial charge is 0.478 e. The van der Waals surface area contributed by atoms with E-state index in [0.717, 1.165) is 12.0 Å². The number of carbonyl (C=O) groups excluding carboxylic acids is 1. The Balaban J connectivity index is 2.22. The number of terminal acetylenes is 1. The maximum absolute atomic E-state index is 11.1. The highest BCUT2D eigenvalue weighted by molar-refractivity contribution is 5.75. The third kappa shape index (κ3) is 2.17. The van der Waals surface area contributed by atoms with E-state index in [1.54, 1.807) is 13.0 Å². The minimum atomic E-state index is -0.294. The average molecular weight is 216 g/mol. The molecule has 1 aromatic rings. The molecule has 0 aliphatic carbocycles. The monoisotopic (exact) mass is 216 g/mol. The minimum absolute atomic E-state index is 0.199. The fraction of sp³-hybridized carbons (Fsp3) is 0.308. The molecule has 1 atom stereocenters. The first-order valence-electron chi connectivity index (χ1n) is 5.15. The Morgan fingerprint density at radius 1 is 1.50 bits per heavy atom. The number of esters is 1. The lowest BCUT2D eigenvalue weighted by molar-refractivity contribution is -0.135. The predicted molar refractivity (Wildman–Crippen MR) is 59.3 cm³/mol. The van der Waals surface area contributed by atoms with Gasteiger partial charge >= 0.3 is 5.97 Å². The van der Waals surface area contributed by atoms with Crippen LogP contribution in [-0.4, -0.2) is 12.1 Å². The van der Waals surface area contributed by atoms with E-state index in [1.165, 1.54) is 0 Å². The Hall–Kier alpha value is -1.95. The molecule has 0 fully saturated rings. The van der Waals surface area contributed by atoms with Crippen LogP contribution in [0.2, 0.25) is 0 Å². The molecule has 0 bridgehead atoms. The lowest BCUT2D eigenvalue weighted by atomic mass is 10.1. The van der Waals surface area contributed by atoms with Gasteiger partial charge in [-0.05, 0) is 25.0 Å². The van der Waals surface area contributed by atoms with E-state index < -0.39 is 0 Å². The molecule has 16 heavy (non-hydrogen) atoms. The molecule has 0 saturated heterocycles. The van der Waals surface area contributed by atoms with Gasteiger partial charge in [0.25, 0.3) is 0 Å². The SMILES string of the molecule is C#CC(C)Oc1ccc2c(c1)OC(=O)CC2. The summed E-state index contributed by atoms with van der Waals surface area (Å²) in [5.74, 6) is 3.48. The molecule has 0 aromatic heterocycles. The molecule has 0 spiro atoms. The van der Waals surface area contributed by atoms with E-state index in [0.29, 0.717) is 17.9 Å². The molecule has 82 valence electrons. The van der Waals surface area contributed by atoms with Crippen molar-refractivity contribution in [1.82, 2.24) is 0 Å². The summed E-state index contributed by atoms with van der Waals surface area (Å²) in [4.78, 5) is 11.1. The zero-order valence-corrected chi connectivity index (χ0v) is 9.03. The van der Waals surface area contributed by atoms with E-state index in [1.807, 2.05) is 12.1 Å². The summed E-state index contributed by atoms with van der Waals surface area (Å²) in [6.07, 6.45) is 6.09. The summed E-state index contributed by atoms with van der Waals surface area (Å²) in [5.41, 5.74) is 1.03. The van der Waals surface area contributed by atoms with Gasteiger partial charge in [0.05, 0.1) is 6.42 Å². The molecule has 0 radical (unpaired) electrons. The van der Waals surface area contributed by atoms with Gasteiger partial charge in [0, 0.05) is 6.07 Å². The van der Waals surface area contributed by atoms with Gasteiger partial charge in [0.1, 0.15) is 11.5 Å². The van der Waals surface area contributed by atoms with Crippen LogP contribution in [0, 0.1) is 12.3 Å². The van der Waals surface area contributed by atoms with Crippen molar-refractivity contribution in [1.29, 1.82) is 0 Å². The highest BCUT2D eigenvalue weighted by Crippen LogP contribution is 2.29. The Labute approximate surface area is 94.4 Å². The fourth-order valence-electron chi connectivity index (χ4n) is 1.56. The highest BCUT2D eigenvalue weighted by atomic mass is 16.5. The molecule has 3 nitrogen and oxygen atoms in total. The van der Waals surface area contributed by atoms with Crippen LogP contribution >= 0.6 is 0 Å². The Bertz CT molecular complexity index is 457. The number of rotatable bonds is 2. The molecule has 1 heterocycles. The number of carbonyl (C=O) groups is 1. The lowest BCUT2D eigenvalue weighted by Gasteiger charge is -2.17. The Kier molecular flexibility index (Phi) is 2.82. The number of hydrogen-bond donors (Lipinski definition) is 0. The van der Waals surface area contributed by atoms with Crippen LogP contribution in [0.1, 0.15) is 18.9 Å². The first-order chi connectivity index (χ1) is 7.69. The predicted octanol–water partition coefficient (Wildman–Crippen LogP) is 1.94. The minimum Gasteiger partial charge on any atom is -0.478 e. The zero-order chi connectivity index (χ0) is 11.5. The van der Waals surface area contributed by atoms with Crippen LogP contribution in [0.4, 0.5) is 0 Å². The van der Waals surface area contributed by atoms with Gasteiger partial charge in [-0.1, -0.05) is 12.0 Å².